The molecule has 0 bridgehead atoms. The Kier molecular flexibility index (Phi) is 7.28. The van der Waals surface area contributed by atoms with E-state index in [0.717, 1.165) is 0 Å². The minimum atomic E-state index is -0.128. The maximum absolute atomic E-state index is 2.42. The molecule has 0 heterocycles. The Hall–Kier alpha value is -1.25. The summed E-state index contributed by atoms with van der Waals surface area (Å²) in [4.78, 5) is 2.42. The lowest BCUT2D eigenvalue weighted by atomic mass is 10.2. The van der Waals surface area contributed by atoms with E-state index in [0.29, 0.717) is 0 Å². The SMILES string of the molecule is CP(C)c1cccc(N(c2cccc(P(C)C)c2)c2cccc(P(C)C)c2)c1. The number of nitrogens with zero attached hydrogens (tertiary/aromatic N) is 1. The molecule has 0 saturated heterocycles. The highest BCUT2D eigenvalue weighted by atomic mass is 31.1. The van der Waals surface area contributed by atoms with Gasteiger partial charge >= 0.3 is 0 Å². The molecule has 0 unspecified atom stereocenters. The molecular formula is C24H30NP3. The van der Waals surface area contributed by atoms with E-state index in [9.17, 15) is 0 Å². The molecule has 0 aliphatic heterocycles. The molecule has 3 aromatic rings. The zero-order chi connectivity index (χ0) is 20.3. The maximum atomic E-state index is 2.42. The molecule has 0 saturated carbocycles. The number of hydrogen-bond donors (Lipinski definition) is 0. The van der Waals surface area contributed by atoms with Crippen molar-refractivity contribution in [3.8, 4) is 0 Å². The van der Waals surface area contributed by atoms with Gasteiger partial charge in [-0.15, -0.1) is 0 Å². The molecule has 4 heteroatoms. The van der Waals surface area contributed by atoms with Gasteiger partial charge in [-0.1, -0.05) is 60.2 Å². The molecule has 0 aliphatic rings. The third-order valence-corrected chi connectivity index (χ3v) is 8.75. The van der Waals surface area contributed by atoms with Gasteiger partial charge in [-0.05, 0) is 92.3 Å². The highest BCUT2D eigenvalue weighted by molar-refractivity contribution is 7.64. The van der Waals surface area contributed by atoms with E-state index in [-0.39, 0.29) is 23.8 Å². The third kappa shape index (κ3) is 5.02. The van der Waals surface area contributed by atoms with Crippen molar-refractivity contribution in [1.82, 2.24) is 0 Å². The van der Waals surface area contributed by atoms with E-state index in [1.807, 2.05) is 0 Å². The van der Waals surface area contributed by atoms with Crippen LogP contribution in [0.4, 0.5) is 17.1 Å². The first kappa shape index (κ1) is 21.5. The molecule has 146 valence electrons. The van der Waals surface area contributed by atoms with Gasteiger partial charge in [-0.2, -0.15) is 0 Å². The Bertz CT molecular complexity index is 812. The van der Waals surface area contributed by atoms with Crippen molar-refractivity contribution >= 4 is 56.7 Å². The molecule has 0 fully saturated rings. The molecular weight excluding hydrogens is 395 g/mol. The average molecular weight is 425 g/mol. The van der Waals surface area contributed by atoms with Gasteiger partial charge in [-0.3, -0.25) is 0 Å². The molecule has 3 aromatic carbocycles. The van der Waals surface area contributed by atoms with Gasteiger partial charge in [0.1, 0.15) is 0 Å². The summed E-state index contributed by atoms with van der Waals surface area (Å²) in [5.41, 5.74) is 3.74. The lowest BCUT2D eigenvalue weighted by Gasteiger charge is -2.28. The van der Waals surface area contributed by atoms with Crippen LogP contribution in [-0.4, -0.2) is 40.0 Å². The fraction of sp³-hybridized carbons (Fsp3) is 0.250. The Balaban J connectivity index is 2.18. The quantitative estimate of drug-likeness (QED) is 0.422. The fourth-order valence-electron chi connectivity index (χ4n) is 3.18. The lowest BCUT2D eigenvalue weighted by molar-refractivity contribution is 1.29. The van der Waals surface area contributed by atoms with Crippen molar-refractivity contribution in [3.63, 3.8) is 0 Å². The minimum absolute atomic E-state index is 0.128. The van der Waals surface area contributed by atoms with Crippen molar-refractivity contribution in [2.45, 2.75) is 0 Å². The Morgan fingerprint density at radius 1 is 0.464 bits per heavy atom. The van der Waals surface area contributed by atoms with Crippen molar-refractivity contribution in [2.75, 3.05) is 44.9 Å². The van der Waals surface area contributed by atoms with Gasteiger partial charge < -0.3 is 4.90 Å². The van der Waals surface area contributed by atoms with E-state index >= 15 is 0 Å². The van der Waals surface area contributed by atoms with Crippen LogP contribution in [0.3, 0.4) is 0 Å². The first-order valence-corrected chi connectivity index (χ1v) is 16.2. The summed E-state index contributed by atoms with van der Waals surface area (Å²) in [6, 6.07) is 27.2. The highest BCUT2D eigenvalue weighted by Crippen LogP contribution is 2.37. The second-order valence-electron chi connectivity index (χ2n) is 7.58. The summed E-state index contributed by atoms with van der Waals surface area (Å²) in [5.74, 6) is 0. The molecule has 0 aliphatic carbocycles. The van der Waals surface area contributed by atoms with E-state index in [1.165, 1.54) is 33.0 Å². The van der Waals surface area contributed by atoms with Crippen molar-refractivity contribution < 1.29 is 0 Å². The number of hydrogen-bond acceptors (Lipinski definition) is 1. The highest BCUT2D eigenvalue weighted by Gasteiger charge is 2.15. The average Bonchev–Trinajstić information content (AvgIpc) is 2.69. The molecule has 28 heavy (non-hydrogen) atoms. The van der Waals surface area contributed by atoms with Crippen LogP contribution in [0.25, 0.3) is 0 Å². The van der Waals surface area contributed by atoms with Crippen LogP contribution in [-0.2, 0) is 0 Å². The van der Waals surface area contributed by atoms with Gasteiger partial charge in [-0.25, -0.2) is 0 Å². The molecule has 0 spiro atoms. The van der Waals surface area contributed by atoms with Crippen LogP contribution < -0.4 is 20.8 Å². The molecule has 0 radical (unpaired) electrons. The zero-order valence-corrected chi connectivity index (χ0v) is 20.4. The van der Waals surface area contributed by atoms with Crippen molar-refractivity contribution in [2.24, 2.45) is 0 Å². The van der Waals surface area contributed by atoms with Crippen LogP contribution in [0.15, 0.2) is 72.8 Å². The maximum Gasteiger partial charge on any atom is 0.0467 e. The number of rotatable bonds is 6. The van der Waals surface area contributed by atoms with E-state index in [4.69, 9.17) is 0 Å². The summed E-state index contributed by atoms with van der Waals surface area (Å²) in [7, 11) is -0.383. The fourth-order valence-corrected chi connectivity index (χ4v) is 5.50. The van der Waals surface area contributed by atoms with Gasteiger partial charge in [0.15, 0.2) is 0 Å². The number of anilines is 3. The molecule has 0 N–H and O–H groups in total. The normalized spacial score (nSPS) is 11.5. The summed E-state index contributed by atoms with van der Waals surface area (Å²) in [5, 5.41) is 4.31. The molecule has 1 nitrogen and oxygen atoms in total. The van der Waals surface area contributed by atoms with Crippen LogP contribution >= 0.6 is 23.8 Å². The van der Waals surface area contributed by atoms with E-state index in [2.05, 4.69) is 118 Å². The van der Waals surface area contributed by atoms with Gasteiger partial charge in [0.05, 0.1) is 0 Å². The Labute approximate surface area is 174 Å². The molecule has 0 amide bonds. The summed E-state index contributed by atoms with van der Waals surface area (Å²) in [6.45, 7) is 13.9. The van der Waals surface area contributed by atoms with Crippen LogP contribution in [0.5, 0.6) is 0 Å². The van der Waals surface area contributed by atoms with Crippen LogP contribution in [0.2, 0.25) is 0 Å². The second kappa shape index (κ2) is 9.50. The largest absolute Gasteiger partial charge is 0.310 e. The standard InChI is InChI=1S/C24H30NP3/c1-26(2)22-13-7-10-19(16-22)25(20-11-8-14-23(17-20)27(3)4)21-12-9-15-24(18-21)28(5)6/h7-18H,1-6H3. The summed E-state index contributed by atoms with van der Waals surface area (Å²) in [6.07, 6.45) is 0. The smallest absolute Gasteiger partial charge is 0.0467 e. The molecule has 0 atom stereocenters. The molecule has 0 aromatic heterocycles. The van der Waals surface area contributed by atoms with Crippen LogP contribution in [0.1, 0.15) is 0 Å². The first-order valence-electron chi connectivity index (χ1n) is 9.49. The first-order chi connectivity index (χ1) is 13.4. The van der Waals surface area contributed by atoms with E-state index < -0.39 is 0 Å². The van der Waals surface area contributed by atoms with Crippen molar-refractivity contribution in [1.29, 1.82) is 0 Å². The van der Waals surface area contributed by atoms with Gasteiger partial charge in [0.25, 0.3) is 0 Å². The monoisotopic (exact) mass is 425 g/mol. The minimum Gasteiger partial charge on any atom is -0.310 e. The van der Waals surface area contributed by atoms with E-state index in [1.54, 1.807) is 0 Å². The predicted molar refractivity (Wildman–Crippen MR) is 136 cm³/mol. The number of benzene rings is 3. The summed E-state index contributed by atoms with van der Waals surface area (Å²) < 4.78 is 0. The van der Waals surface area contributed by atoms with Crippen LogP contribution in [0, 0.1) is 0 Å². The Morgan fingerprint density at radius 2 is 0.750 bits per heavy atom. The predicted octanol–water partition coefficient (Wildman–Crippen LogP) is 6.26. The summed E-state index contributed by atoms with van der Waals surface area (Å²) >= 11 is 0. The van der Waals surface area contributed by atoms with Gasteiger partial charge in [0, 0.05) is 17.1 Å². The topological polar surface area (TPSA) is 3.24 Å². The second-order valence-corrected chi connectivity index (χ2v) is 14.5. The third-order valence-electron chi connectivity index (χ3n) is 4.81. The lowest BCUT2D eigenvalue weighted by Crippen LogP contribution is -2.15. The Morgan fingerprint density at radius 3 is 1.00 bits per heavy atom. The van der Waals surface area contributed by atoms with Crippen molar-refractivity contribution in [3.05, 3.63) is 72.8 Å². The molecule has 3 rings (SSSR count). The zero-order valence-electron chi connectivity index (χ0n) is 17.7. The van der Waals surface area contributed by atoms with Gasteiger partial charge in [0.2, 0.25) is 0 Å².